The third kappa shape index (κ3) is 6.10. The molecule has 0 aliphatic rings. The minimum Gasteiger partial charge on any atom is -1.00 e. The smallest absolute Gasteiger partial charge is 1.00 e. The van der Waals surface area contributed by atoms with Gasteiger partial charge in [0.1, 0.15) is 0 Å². The molecule has 0 saturated heterocycles. The molecule has 8 heavy (non-hydrogen) atoms. The van der Waals surface area contributed by atoms with Gasteiger partial charge in [0.2, 0.25) is 0 Å². The van der Waals surface area contributed by atoms with Crippen molar-refractivity contribution in [3.05, 3.63) is 0 Å². The second-order valence-corrected chi connectivity index (χ2v) is 0.790. The molecule has 0 aromatic heterocycles. The first-order valence-corrected chi connectivity index (χ1v) is 1.64. The number of hydrogen-bond acceptors (Lipinski definition) is 4. The molecule has 0 saturated carbocycles. The molecule has 0 bridgehead atoms. The van der Waals surface area contributed by atoms with Gasteiger partial charge in [-0.15, -0.1) is 0 Å². The van der Waals surface area contributed by atoms with E-state index >= 15 is 0 Å². The third-order valence-corrected chi connectivity index (χ3v) is 0.346. The van der Waals surface area contributed by atoms with Crippen LogP contribution in [0.4, 0.5) is 0 Å². The minimum atomic E-state index is -0.713. The Bertz CT molecular complexity index is 89.1. The molecule has 0 aromatic carbocycles. The first kappa shape index (κ1) is 11.0. The fourth-order valence-electron chi connectivity index (χ4n) is 0.102. The Morgan fingerprint density at radius 2 is 2.38 bits per heavy atom. The van der Waals surface area contributed by atoms with Crippen LogP contribution in [0.15, 0.2) is 0 Å². The van der Waals surface area contributed by atoms with Crippen molar-refractivity contribution in [1.29, 1.82) is 0 Å². The molecule has 0 aromatic rings. The largest absolute Gasteiger partial charge is 1.00 e. The predicted molar refractivity (Wildman–Crippen MR) is 22.3 cm³/mol. The Morgan fingerprint density at radius 1 is 1.88 bits per heavy atom. The summed E-state index contributed by atoms with van der Waals surface area (Å²) >= 11 is 0. The van der Waals surface area contributed by atoms with Crippen molar-refractivity contribution in [2.75, 3.05) is 6.54 Å². The van der Waals surface area contributed by atoms with Crippen molar-refractivity contribution in [2.24, 2.45) is 5.73 Å². The van der Waals surface area contributed by atoms with Gasteiger partial charge in [0, 0.05) is 0 Å². The molecule has 0 spiro atoms. The Balaban J connectivity index is -0.000000180. The standard InChI is InChI=1S/C3H5NO3.Na.H/c4-1-3(6)7-2-5;;/h2H,1,4H2;;/q;+1;-1. The predicted octanol–water partition coefficient (Wildman–Crippen LogP) is -4.24. The summed E-state index contributed by atoms with van der Waals surface area (Å²) in [7, 11) is 0. The fourth-order valence-corrected chi connectivity index (χ4v) is 0.102. The summed E-state index contributed by atoms with van der Waals surface area (Å²) in [5.41, 5.74) is 4.72. The fraction of sp³-hybridized carbons (Fsp3) is 0.333. The molecule has 4 nitrogen and oxygen atoms in total. The van der Waals surface area contributed by atoms with Crippen LogP contribution in [0.3, 0.4) is 0 Å². The monoisotopic (exact) mass is 127 g/mol. The minimum absolute atomic E-state index is 0. The van der Waals surface area contributed by atoms with E-state index in [0.717, 1.165) is 0 Å². The molecule has 5 heteroatoms. The quantitative estimate of drug-likeness (QED) is 0.176. The van der Waals surface area contributed by atoms with Crippen LogP contribution in [0.5, 0.6) is 0 Å². The molecule has 0 heterocycles. The Morgan fingerprint density at radius 3 is 2.50 bits per heavy atom. The number of nitrogens with two attached hydrogens (primary N) is 1. The maximum atomic E-state index is 9.83. The van der Waals surface area contributed by atoms with Gasteiger partial charge in [0.25, 0.3) is 0 Å². The van der Waals surface area contributed by atoms with E-state index in [9.17, 15) is 9.59 Å². The van der Waals surface area contributed by atoms with Gasteiger partial charge in [0.05, 0.1) is 6.54 Å². The molecule has 42 valence electrons. The zero-order chi connectivity index (χ0) is 5.70. The van der Waals surface area contributed by atoms with E-state index in [0.29, 0.717) is 0 Å². The second-order valence-electron chi connectivity index (χ2n) is 0.790. The van der Waals surface area contributed by atoms with E-state index in [1.165, 1.54) is 0 Å². The normalized spacial score (nSPS) is 6.62. The van der Waals surface area contributed by atoms with Gasteiger partial charge in [-0.2, -0.15) is 0 Å². The van der Waals surface area contributed by atoms with Gasteiger partial charge in [-0.3, -0.25) is 9.59 Å². The maximum Gasteiger partial charge on any atom is 1.00 e. The van der Waals surface area contributed by atoms with E-state index in [4.69, 9.17) is 5.73 Å². The Labute approximate surface area is 70.1 Å². The van der Waals surface area contributed by atoms with E-state index in [1.54, 1.807) is 0 Å². The van der Waals surface area contributed by atoms with Gasteiger partial charge < -0.3 is 11.9 Å². The number of rotatable bonds is 2. The van der Waals surface area contributed by atoms with Gasteiger partial charge in [-0.05, 0) is 0 Å². The topological polar surface area (TPSA) is 69.4 Å². The third-order valence-electron chi connectivity index (χ3n) is 0.346. The molecular weight excluding hydrogens is 121 g/mol. The molecule has 0 radical (unpaired) electrons. The molecule has 0 rings (SSSR count). The maximum absolute atomic E-state index is 9.83. The van der Waals surface area contributed by atoms with Crippen LogP contribution >= 0.6 is 0 Å². The molecule has 0 fully saturated rings. The van der Waals surface area contributed by atoms with E-state index in [1.807, 2.05) is 0 Å². The molecule has 2 N–H and O–H groups in total. The van der Waals surface area contributed by atoms with Crippen LogP contribution in [0.1, 0.15) is 1.43 Å². The Hall–Kier alpha value is 0.1000. The number of ether oxygens (including phenoxy) is 1. The number of esters is 1. The van der Waals surface area contributed by atoms with E-state index < -0.39 is 5.97 Å². The van der Waals surface area contributed by atoms with Crippen molar-refractivity contribution in [1.82, 2.24) is 0 Å². The average Bonchev–Trinajstić information content (AvgIpc) is 1.68. The summed E-state index contributed by atoms with van der Waals surface area (Å²) < 4.78 is 3.75. The number of carbonyl (C=O) groups is 2. The summed E-state index contributed by atoms with van der Waals surface area (Å²) in [6.45, 7) is -0.200. The average molecular weight is 127 g/mol. The van der Waals surface area contributed by atoms with Crippen LogP contribution in [0.25, 0.3) is 0 Å². The first-order valence-electron chi connectivity index (χ1n) is 1.64. The van der Waals surface area contributed by atoms with Crippen LogP contribution in [0, 0.1) is 0 Å². The first-order chi connectivity index (χ1) is 3.31. The van der Waals surface area contributed by atoms with Crippen LogP contribution < -0.4 is 35.3 Å². The summed E-state index contributed by atoms with van der Waals surface area (Å²) in [5.74, 6) is -0.713. The van der Waals surface area contributed by atoms with E-state index in [2.05, 4.69) is 4.74 Å². The molecule has 0 amide bonds. The van der Waals surface area contributed by atoms with Gasteiger partial charge >= 0.3 is 42.0 Å². The summed E-state index contributed by atoms with van der Waals surface area (Å²) in [6, 6.07) is 0. The van der Waals surface area contributed by atoms with Crippen molar-refractivity contribution in [2.45, 2.75) is 0 Å². The molecule has 0 unspecified atom stereocenters. The van der Waals surface area contributed by atoms with Crippen molar-refractivity contribution in [3.8, 4) is 0 Å². The zero-order valence-corrected chi connectivity index (χ0v) is 6.59. The van der Waals surface area contributed by atoms with Crippen LogP contribution in [-0.4, -0.2) is 19.0 Å². The van der Waals surface area contributed by atoms with Crippen molar-refractivity contribution >= 4 is 12.4 Å². The van der Waals surface area contributed by atoms with E-state index in [-0.39, 0.29) is 44.0 Å². The molecule has 0 atom stereocenters. The van der Waals surface area contributed by atoms with Gasteiger partial charge in [0.15, 0.2) is 0 Å². The molecule has 0 aliphatic heterocycles. The molecule has 0 aliphatic carbocycles. The number of carbonyl (C=O) groups excluding carboxylic acids is 2. The SMILES string of the molecule is NCC(=O)OC=O.[H-].[Na+]. The van der Waals surface area contributed by atoms with Crippen LogP contribution in [-0.2, 0) is 14.3 Å². The zero-order valence-electron chi connectivity index (χ0n) is 5.59. The summed E-state index contributed by atoms with van der Waals surface area (Å²) in [4.78, 5) is 19.1. The van der Waals surface area contributed by atoms with Gasteiger partial charge in [-0.1, -0.05) is 0 Å². The van der Waals surface area contributed by atoms with Crippen molar-refractivity contribution < 1.29 is 45.3 Å². The van der Waals surface area contributed by atoms with Gasteiger partial charge in [-0.25, -0.2) is 0 Å². The number of hydrogen-bond donors (Lipinski definition) is 1. The summed E-state index contributed by atoms with van der Waals surface area (Å²) in [6.07, 6.45) is 0. The Kier molecular flexibility index (Phi) is 9.74. The second kappa shape index (κ2) is 7.10. The van der Waals surface area contributed by atoms with Crippen LogP contribution in [0.2, 0.25) is 0 Å². The molecular formula is C3H6NNaO3. The summed E-state index contributed by atoms with van der Waals surface area (Å²) in [5, 5.41) is 0. The van der Waals surface area contributed by atoms with Crippen molar-refractivity contribution in [3.63, 3.8) is 0 Å².